The van der Waals surface area contributed by atoms with Crippen molar-refractivity contribution in [3.05, 3.63) is 63.6 Å². The van der Waals surface area contributed by atoms with Gasteiger partial charge in [0.05, 0.1) is 15.6 Å². The highest BCUT2D eigenvalue weighted by Crippen LogP contribution is 2.31. The Kier molecular flexibility index (Phi) is 6.93. The Morgan fingerprint density at radius 3 is 2.38 bits per heavy atom. The molecule has 3 rings (SSSR count). The van der Waals surface area contributed by atoms with Gasteiger partial charge < -0.3 is 10.2 Å². The fraction of sp³-hybridized carbons (Fsp3) is 0.350. The van der Waals surface area contributed by atoms with Crippen LogP contribution < -0.4 is 10.2 Å². The molecule has 0 radical (unpaired) electrons. The summed E-state index contributed by atoms with van der Waals surface area (Å²) in [7, 11) is 0. The van der Waals surface area contributed by atoms with E-state index in [1.165, 1.54) is 18.2 Å². The maximum absolute atomic E-state index is 12.9. The quantitative estimate of drug-likeness (QED) is 0.732. The van der Waals surface area contributed by atoms with Gasteiger partial charge in [-0.3, -0.25) is 9.69 Å². The van der Waals surface area contributed by atoms with Crippen molar-refractivity contribution in [2.45, 2.75) is 6.18 Å². The molecule has 156 valence electrons. The Labute approximate surface area is 177 Å². The van der Waals surface area contributed by atoms with Gasteiger partial charge in [0.1, 0.15) is 0 Å². The Hall–Kier alpha value is -1.96. The lowest BCUT2D eigenvalue weighted by molar-refractivity contribution is -0.137. The number of halogens is 5. The Morgan fingerprint density at radius 2 is 1.72 bits per heavy atom. The highest BCUT2D eigenvalue weighted by Gasteiger charge is 2.31. The normalized spacial score (nSPS) is 15.4. The number of benzene rings is 2. The second-order valence-corrected chi connectivity index (χ2v) is 7.58. The summed E-state index contributed by atoms with van der Waals surface area (Å²) in [6, 6.07) is 10.1. The molecule has 1 aliphatic heterocycles. The molecule has 4 nitrogen and oxygen atoms in total. The SMILES string of the molecule is O=C(NCCN1CCN(c2cccc(C(F)(F)F)c2)CC1)c1ccc(Cl)c(Cl)c1. The molecular weight excluding hydrogens is 426 g/mol. The number of alkyl halides is 3. The van der Waals surface area contributed by atoms with Crippen LogP contribution in [0.4, 0.5) is 18.9 Å². The van der Waals surface area contributed by atoms with Crippen LogP contribution in [0, 0.1) is 0 Å². The molecule has 0 bridgehead atoms. The summed E-state index contributed by atoms with van der Waals surface area (Å²) < 4.78 is 38.7. The molecule has 0 aromatic heterocycles. The highest BCUT2D eigenvalue weighted by molar-refractivity contribution is 6.42. The van der Waals surface area contributed by atoms with Crippen molar-refractivity contribution in [1.29, 1.82) is 0 Å². The molecule has 1 N–H and O–H groups in total. The summed E-state index contributed by atoms with van der Waals surface area (Å²) in [5, 5.41) is 3.55. The largest absolute Gasteiger partial charge is 0.416 e. The predicted molar refractivity (Wildman–Crippen MR) is 109 cm³/mol. The minimum atomic E-state index is -4.34. The molecule has 0 spiro atoms. The molecule has 2 aromatic rings. The molecule has 0 atom stereocenters. The van der Waals surface area contributed by atoms with E-state index in [2.05, 4.69) is 10.2 Å². The molecule has 1 amide bonds. The second-order valence-electron chi connectivity index (χ2n) is 6.76. The monoisotopic (exact) mass is 445 g/mol. The molecule has 1 heterocycles. The fourth-order valence-electron chi connectivity index (χ4n) is 3.18. The van der Waals surface area contributed by atoms with E-state index in [1.54, 1.807) is 18.2 Å². The first-order valence-corrected chi connectivity index (χ1v) is 9.87. The number of nitrogens with one attached hydrogen (secondary N) is 1. The lowest BCUT2D eigenvalue weighted by Gasteiger charge is -2.36. The van der Waals surface area contributed by atoms with Crippen LogP contribution in [0.5, 0.6) is 0 Å². The average molecular weight is 446 g/mol. The van der Waals surface area contributed by atoms with E-state index in [-0.39, 0.29) is 5.91 Å². The number of hydrogen-bond donors (Lipinski definition) is 1. The van der Waals surface area contributed by atoms with Crippen LogP contribution in [0.25, 0.3) is 0 Å². The molecule has 1 saturated heterocycles. The summed E-state index contributed by atoms with van der Waals surface area (Å²) in [4.78, 5) is 16.3. The lowest BCUT2D eigenvalue weighted by atomic mass is 10.1. The third-order valence-electron chi connectivity index (χ3n) is 4.81. The predicted octanol–water partition coefficient (Wildman–Crippen LogP) is 4.56. The van der Waals surface area contributed by atoms with Crippen LogP contribution in [-0.2, 0) is 6.18 Å². The summed E-state index contributed by atoms with van der Waals surface area (Å²) >= 11 is 11.8. The number of amides is 1. The van der Waals surface area contributed by atoms with Crippen molar-refractivity contribution in [2.24, 2.45) is 0 Å². The summed E-state index contributed by atoms with van der Waals surface area (Å²) in [5.74, 6) is -0.230. The number of hydrogen-bond acceptors (Lipinski definition) is 3. The molecule has 0 aliphatic carbocycles. The minimum Gasteiger partial charge on any atom is -0.369 e. The Balaban J connectivity index is 1.45. The van der Waals surface area contributed by atoms with E-state index in [0.29, 0.717) is 60.6 Å². The van der Waals surface area contributed by atoms with Gasteiger partial charge in [-0.2, -0.15) is 13.2 Å². The Bertz CT molecular complexity index is 868. The van der Waals surface area contributed by atoms with E-state index in [4.69, 9.17) is 23.2 Å². The molecule has 0 unspecified atom stereocenters. The van der Waals surface area contributed by atoms with E-state index in [9.17, 15) is 18.0 Å². The van der Waals surface area contributed by atoms with Crippen LogP contribution >= 0.6 is 23.2 Å². The number of nitrogens with zero attached hydrogens (tertiary/aromatic N) is 2. The van der Waals surface area contributed by atoms with E-state index in [1.807, 2.05) is 4.90 Å². The van der Waals surface area contributed by atoms with Gasteiger partial charge in [0.25, 0.3) is 5.91 Å². The third-order valence-corrected chi connectivity index (χ3v) is 5.55. The minimum absolute atomic E-state index is 0.230. The van der Waals surface area contributed by atoms with E-state index in [0.717, 1.165) is 6.07 Å². The molecule has 0 saturated carbocycles. The molecule has 9 heteroatoms. The lowest BCUT2D eigenvalue weighted by Crippen LogP contribution is -2.48. The van der Waals surface area contributed by atoms with Gasteiger partial charge in [0, 0.05) is 50.5 Å². The van der Waals surface area contributed by atoms with Gasteiger partial charge in [0.2, 0.25) is 0 Å². The van der Waals surface area contributed by atoms with Crippen LogP contribution in [0.3, 0.4) is 0 Å². The zero-order valence-corrected chi connectivity index (χ0v) is 17.0. The standard InChI is InChI=1S/C20H20Cl2F3N3O/c21-17-5-4-14(12-18(17)22)19(29)26-6-7-27-8-10-28(11-9-27)16-3-1-2-15(13-16)20(23,24)25/h1-5,12-13H,6-11H2,(H,26,29). The molecule has 2 aromatic carbocycles. The van der Waals surface area contributed by atoms with Gasteiger partial charge in [-0.15, -0.1) is 0 Å². The second kappa shape index (κ2) is 9.24. The maximum Gasteiger partial charge on any atom is 0.416 e. The topological polar surface area (TPSA) is 35.6 Å². The Morgan fingerprint density at radius 1 is 1.00 bits per heavy atom. The molecule has 1 fully saturated rings. The smallest absolute Gasteiger partial charge is 0.369 e. The third kappa shape index (κ3) is 5.78. The molecular formula is C20H20Cl2F3N3O. The first-order chi connectivity index (χ1) is 13.7. The van der Waals surface area contributed by atoms with Gasteiger partial charge >= 0.3 is 6.18 Å². The van der Waals surface area contributed by atoms with Crippen molar-refractivity contribution in [1.82, 2.24) is 10.2 Å². The van der Waals surface area contributed by atoms with Crippen molar-refractivity contribution < 1.29 is 18.0 Å². The van der Waals surface area contributed by atoms with Crippen LogP contribution in [0.2, 0.25) is 10.0 Å². The fourth-order valence-corrected chi connectivity index (χ4v) is 3.47. The van der Waals surface area contributed by atoms with Gasteiger partial charge in [0.15, 0.2) is 0 Å². The molecule has 1 aliphatic rings. The van der Waals surface area contributed by atoms with Crippen LogP contribution in [0.15, 0.2) is 42.5 Å². The maximum atomic E-state index is 12.9. The highest BCUT2D eigenvalue weighted by atomic mass is 35.5. The summed E-state index contributed by atoms with van der Waals surface area (Å²) in [6.45, 7) is 3.79. The van der Waals surface area contributed by atoms with Crippen molar-refractivity contribution in [3.63, 3.8) is 0 Å². The number of piperazine rings is 1. The molecule has 29 heavy (non-hydrogen) atoms. The average Bonchev–Trinajstić information content (AvgIpc) is 2.70. The number of anilines is 1. The number of rotatable bonds is 5. The van der Waals surface area contributed by atoms with E-state index < -0.39 is 11.7 Å². The van der Waals surface area contributed by atoms with Gasteiger partial charge in [-0.25, -0.2) is 0 Å². The first kappa shape index (κ1) is 21.7. The zero-order valence-electron chi connectivity index (χ0n) is 15.5. The van der Waals surface area contributed by atoms with E-state index >= 15 is 0 Å². The number of carbonyl (C=O) groups excluding carboxylic acids is 1. The van der Waals surface area contributed by atoms with Crippen molar-refractivity contribution in [3.8, 4) is 0 Å². The van der Waals surface area contributed by atoms with Crippen LogP contribution in [0.1, 0.15) is 15.9 Å². The van der Waals surface area contributed by atoms with Gasteiger partial charge in [-0.1, -0.05) is 29.3 Å². The van der Waals surface area contributed by atoms with Crippen LogP contribution in [-0.4, -0.2) is 50.1 Å². The van der Waals surface area contributed by atoms with Crippen molar-refractivity contribution >= 4 is 34.8 Å². The van der Waals surface area contributed by atoms with Crippen molar-refractivity contribution in [2.75, 3.05) is 44.2 Å². The van der Waals surface area contributed by atoms with Gasteiger partial charge in [-0.05, 0) is 36.4 Å². The summed E-state index contributed by atoms with van der Waals surface area (Å²) in [6.07, 6.45) is -4.34. The number of carbonyl (C=O) groups is 1. The summed E-state index contributed by atoms with van der Waals surface area (Å²) in [5.41, 5.74) is 0.378. The zero-order chi connectivity index (χ0) is 21.0. The first-order valence-electron chi connectivity index (χ1n) is 9.12.